The first kappa shape index (κ1) is 24.7. The van der Waals surface area contributed by atoms with Crippen LogP contribution in [0.3, 0.4) is 0 Å². The molecule has 0 bridgehead atoms. The largest absolute Gasteiger partial charge is 0.386 e. The summed E-state index contributed by atoms with van der Waals surface area (Å²) < 4.78 is 18.9. The highest BCUT2D eigenvalue weighted by atomic mass is 32.1. The number of benzene rings is 1. The maximum Gasteiger partial charge on any atom is 0.163 e. The van der Waals surface area contributed by atoms with Crippen molar-refractivity contribution in [3.05, 3.63) is 40.7 Å². The predicted octanol–water partition coefficient (Wildman–Crippen LogP) is 5.04. The zero-order valence-corrected chi connectivity index (χ0v) is 19.0. The molecule has 1 aliphatic heterocycles. The lowest BCUT2D eigenvalue weighted by molar-refractivity contribution is -0.0629. The summed E-state index contributed by atoms with van der Waals surface area (Å²) in [5, 5.41) is 12.6. The molecule has 0 saturated carbocycles. The summed E-state index contributed by atoms with van der Waals surface area (Å²) >= 11 is 5.60. The molecule has 3 rings (SSSR count). The molecule has 1 aromatic carbocycles. The van der Waals surface area contributed by atoms with Crippen molar-refractivity contribution in [1.82, 2.24) is 4.57 Å². The van der Waals surface area contributed by atoms with Gasteiger partial charge in [0.1, 0.15) is 23.0 Å². The molecule has 6 heteroatoms. The van der Waals surface area contributed by atoms with Crippen molar-refractivity contribution in [2.75, 3.05) is 20.8 Å². The Morgan fingerprint density at radius 2 is 1.82 bits per heavy atom. The quantitative estimate of drug-likeness (QED) is 0.717. The van der Waals surface area contributed by atoms with Crippen LogP contribution in [0.15, 0.2) is 30.5 Å². The molecule has 1 saturated heterocycles. The normalized spacial score (nSPS) is 23.6. The number of rotatable bonds is 4. The van der Waals surface area contributed by atoms with Crippen LogP contribution in [0.1, 0.15) is 45.9 Å². The van der Waals surface area contributed by atoms with Crippen molar-refractivity contribution in [2.45, 2.75) is 65.6 Å². The fourth-order valence-corrected chi connectivity index (χ4v) is 3.47. The Morgan fingerprint density at radius 3 is 2.39 bits per heavy atom. The number of hydrogen-bond donors (Lipinski definition) is 1. The molecule has 0 amide bonds. The molecule has 0 radical (unpaired) electrons. The molecule has 0 spiro atoms. The number of aromatic nitrogens is 1. The van der Waals surface area contributed by atoms with Crippen molar-refractivity contribution in [3.63, 3.8) is 0 Å². The molecule has 1 fully saturated rings. The van der Waals surface area contributed by atoms with E-state index in [2.05, 4.69) is 19.9 Å². The molecular weight excluding hydrogens is 374 g/mol. The number of aliphatic hydroxyl groups is 1. The van der Waals surface area contributed by atoms with Gasteiger partial charge in [0.2, 0.25) is 0 Å². The summed E-state index contributed by atoms with van der Waals surface area (Å²) in [6, 6.07) is 8.11. The van der Waals surface area contributed by atoms with Gasteiger partial charge in [-0.15, -0.1) is 0 Å². The highest BCUT2D eigenvalue weighted by Crippen LogP contribution is 2.32. The molecule has 1 aromatic heterocycles. The topological polar surface area (TPSA) is 52.9 Å². The SMILES string of the molecule is CC.CCC.COCC1OC(n2ccc3cc(C)ccc3c2=S)C(O)C1OC. The summed E-state index contributed by atoms with van der Waals surface area (Å²) in [6.45, 7) is 10.7. The van der Waals surface area contributed by atoms with E-state index in [9.17, 15) is 5.11 Å². The number of ether oxygens (including phenoxy) is 3. The van der Waals surface area contributed by atoms with Crippen molar-refractivity contribution in [2.24, 2.45) is 0 Å². The van der Waals surface area contributed by atoms with Crippen LogP contribution in [0.25, 0.3) is 10.8 Å². The molecule has 158 valence electrons. The minimum Gasteiger partial charge on any atom is -0.386 e. The van der Waals surface area contributed by atoms with Crippen molar-refractivity contribution < 1.29 is 19.3 Å². The molecule has 0 aliphatic carbocycles. The Hall–Kier alpha value is -1.31. The fourth-order valence-electron chi connectivity index (χ4n) is 3.12. The number of fused-ring (bicyclic) bond motifs is 1. The van der Waals surface area contributed by atoms with E-state index in [1.807, 2.05) is 45.2 Å². The van der Waals surface area contributed by atoms with E-state index in [0.717, 1.165) is 10.8 Å². The van der Waals surface area contributed by atoms with E-state index in [0.29, 0.717) is 11.2 Å². The molecule has 4 unspecified atom stereocenters. The van der Waals surface area contributed by atoms with Crippen LogP contribution in [0, 0.1) is 11.6 Å². The Bertz CT molecular complexity index is 777. The lowest BCUT2D eigenvalue weighted by Gasteiger charge is -2.20. The second-order valence-corrected chi connectivity index (χ2v) is 6.92. The van der Waals surface area contributed by atoms with Crippen molar-refractivity contribution in [3.8, 4) is 0 Å². The molecule has 2 heterocycles. The van der Waals surface area contributed by atoms with Gasteiger partial charge in [0, 0.05) is 25.8 Å². The predicted molar refractivity (Wildman–Crippen MR) is 117 cm³/mol. The van der Waals surface area contributed by atoms with Crippen LogP contribution in [-0.4, -0.2) is 48.8 Å². The van der Waals surface area contributed by atoms with Crippen LogP contribution in [0.5, 0.6) is 0 Å². The zero-order chi connectivity index (χ0) is 21.3. The summed E-state index contributed by atoms with van der Waals surface area (Å²) in [6.07, 6.45) is 0.934. The Labute approximate surface area is 174 Å². The number of pyridine rings is 1. The van der Waals surface area contributed by atoms with Gasteiger partial charge in [0.25, 0.3) is 0 Å². The van der Waals surface area contributed by atoms with Gasteiger partial charge in [0.05, 0.1) is 6.61 Å². The van der Waals surface area contributed by atoms with E-state index in [1.165, 1.54) is 12.0 Å². The molecule has 28 heavy (non-hydrogen) atoms. The second-order valence-electron chi connectivity index (χ2n) is 6.54. The van der Waals surface area contributed by atoms with E-state index in [1.54, 1.807) is 18.8 Å². The summed E-state index contributed by atoms with van der Waals surface area (Å²) in [7, 11) is 3.16. The molecule has 2 aromatic rings. The Kier molecular flexibility index (Phi) is 10.9. The van der Waals surface area contributed by atoms with Gasteiger partial charge in [-0.25, -0.2) is 0 Å². The number of nitrogens with zero attached hydrogens (tertiary/aromatic N) is 1. The lowest BCUT2D eigenvalue weighted by Crippen LogP contribution is -2.35. The number of hydrogen-bond acceptors (Lipinski definition) is 5. The third kappa shape index (κ3) is 5.61. The maximum atomic E-state index is 10.6. The van der Waals surface area contributed by atoms with Gasteiger partial charge in [-0.05, 0) is 18.4 Å². The summed E-state index contributed by atoms with van der Waals surface area (Å²) in [5.41, 5.74) is 1.18. The van der Waals surface area contributed by atoms with Crippen molar-refractivity contribution in [1.29, 1.82) is 0 Å². The maximum absolute atomic E-state index is 10.6. The van der Waals surface area contributed by atoms with E-state index < -0.39 is 18.4 Å². The Morgan fingerprint density at radius 1 is 1.18 bits per heavy atom. The van der Waals surface area contributed by atoms with Crippen LogP contribution in [0.4, 0.5) is 0 Å². The standard InChI is InChI=1S/C17H21NO4S.C3H8.C2H6/c1-10-4-5-12-11(8-10)6-7-18(17(12)23)16-14(19)15(21-3)13(22-16)9-20-2;1-3-2;1-2/h4-8,13-16,19H,9H2,1-3H3;3H2,1-2H3;1-2H3. The lowest BCUT2D eigenvalue weighted by atomic mass is 10.1. The van der Waals surface area contributed by atoms with E-state index >= 15 is 0 Å². The highest BCUT2D eigenvalue weighted by Gasteiger charge is 2.44. The monoisotopic (exact) mass is 409 g/mol. The second kappa shape index (κ2) is 12.3. The molecule has 1 N–H and O–H groups in total. The van der Waals surface area contributed by atoms with Crippen LogP contribution < -0.4 is 0 Å². The van der Waals surface area contributed by atoms with E-state index in [4.69, 9.17) is 26.4 Å². The minimum atomic E-state index is -0.810. The van der Waals surface area contributed by atoms with Gasteiger partial charge < -0.3 is 23.9 Å². The van der Waals surface area contributed by atoms with Gasteiger partial charge in [-0.1, -0.05) is 70.1 Å². The highest BCUT2D eigenvalue weighted by molar-refractivity contribution is 7.71. The van der Waals surface area contributed by atoms with Gasteiger partial charge in [0.15, 0.2) is 6.23 Å². The van der Waals surface area contributed by atoms with Crippen LogP contribution in [-0.2, 0) is 14.2 Å². The third-order valence-electron chi connectivity index (χ3n) is 4.27. The first-order valence-corrected chi connectivity index (χ1v) is 10.4. The molecular formula is C22H35NO4S. The fraction of sp³-hybridized carbons (Fsp3) is 0.591. The van der Waals surface area contributed by atoms with Gasteiger partial charge >= 0.3 is 0 Å². The zero-order valence-electron chi connectivity index (χ0n) is 18.1. The average Bonchev–Trinajstić information content (AvgIpc) is 2.99. The summed E-state index contributed by atoms with van der Waals surface area (Å²) in [4.78, 5) is 0. The minimum absolute atomic E-state index is 0.333. The van der Waals surface area contributed by atoms with E-state index in [-0.39, 0.29) is 6.10 Å². The first-order chi connectivity index (χ1) is 13.5. The van der Waals surface area contributed by atoms with Crippen LogP contribution >= 0.6 is 12.2 Å². The number of aryl methyl sites for hydroxylation is 1. The average molecular weight is 410 g/mol. The molecule has 1 aliphatic rings. The molecule has 4 atom stereocenters. The van der Waals surface area contributed by atoms with Crippen molar-refractivity contribution >= 4 is 23.0 Å². The molecule has 5 nitrogen and oxygen atoms in total. The van der Waals surface area contributed by atoms with Gasteiger partial charge in [-0.2, -0.15) is 0 Å². The summed E-state index contributed by atoms with van der Waals surface area (Å²) in [5.74, 6) is 0. The third-order valence-corrected chi connectivity index (χ3v) is 4.70. The van der Waals surface area contributed by atoms with Gasteiger partial charge in [-0.3, -0.25) is 0 Å². The number of methoxy groups -OCH3 is 2. The van der Waals surface area contributed by atoms with Crippen LogP contribution in [0.2, 0.25) is 0 Å². The Balaban J connectivity index is 0.000000717. The smallest absolute Gasteiger partial charge is 0.163 e. The first-order valence-electron chi connectivity index (χ1n) is 9.95. The number of aliphatic hydroxyl groups excluding tert-OH is 1.